The standard InChI is InChI=1S/C14H18O2/c1-10(2)12-5-7-13(8-6-12)14(16)9-4-11(3)15/h5-8,10H,4,9H2,1-3H3. The molecule has 0 aliphatic carbocycles. The van der Waals surface area contributed by atoms with Crippen LogP contribution in [0.4, 0.5) is 0 Å². The van der Waals surface area contributed by atoms with Crippen molar-refractivity contribution in [2.24, 2.45) is 0 Å². The topological polar surface area (TPSA) is 34.1 Å². The molecule has 1 rings (SSSR count). The van der Waals surface area contributed by atoms with E-state index >= 15 is 0 Å². The third-order valence-corrected chi connectivity index (χ3v) is 2.60. The van der Waals surface area contributed by atoms with E-state index in [0.29, 0.717) is 24.3 Å². The SMILES string of the molecule is CC(=O)CCC(=O)c1ccc(C(C)C)cc1. The molecular weight excluding hydrogens is 200 g/mol. The predicted molar refractivity (Wildman–Crippen MR) is 64.8 cm³/mol. The lowest BCUT2D eigenvalue weighted by Gasteiger charge is -2.06. The van der Waals surface area contributed by atoms with Gasteiger partial charge >= 0.3 is 0 Å². The van der Waals surface area contributed by atoms with E-state index in [1.807, 2.05) is 24.3 Å². The van der Waals surface area contributed by atoms with E-state index in [9.17, 15) is 9.59 Å². The maximum absolute atomic E-state index is 11.7. The zero-order valence-electron chi connectivity index (χ0n) is 10.1. The van der Waals surface area contributed by atoms with E-state index in [1.165, 1.54) is 12.5 Å². The Morgan fingerprint density at radius 3 is 2.06 bits per heavy atom. The molecule has 2 nitrogen and oxygen atoms in total. The van der Waals surface area contributed by atoms with Crippen molar-refractivity contribution in [1.29, 1.82) is 0 Å². The van der Waals surface area contributed by atoms with Crippen LogP contribution in [0, 0.1) is 0 Å². The summed E-state index contributed by atoms with van der Waals surface area (Å²) in [5, 5.41) is 0. The highest BCUT2D eigenvalue weighted by molar-refractivity contribution is 5.97. The molecule has 1 aromatic rings. The minimum Gasteiger partial charge on any atom is -0.300 e. The highest BCUT2D eigenvalue weighted by atomic mass is 16.1. The summed E-state index contributed by atoms with van der Waals surface area (Å²) in [6.07, 6.45) is 0.654. The lowest BCUT2D eigenvalue weighted by Crippen LogP contribution is -2.02. The van der Waals surface area contributed by atoms with Gasteiger partial charge in [0, 0.05) is 18.4 Å². The Morgan fingerprint density at radius 2 is 1.62 bits per heavy atom. The van der Waals surface area contributed by atoms with Gasteiger partial charge in [0.15, 0.2) is 5.78 Å². The average molecular weight is 218 g/mol. The number of Topliss-reactive ketones (excluding diaryl/α,β-unsaturated/α-hetero) is 2. The van der Waals surface area contributed by atoms with Gasteiger partial charge in [-0.15, -0.1) is 0 Å². The molecule has 0 aromatic heterocycles. The van der Waals surface area contributed by atoms with Gasteiger partial charge in [-0.25, -0.2) is 0 Å². The Bertz CT molecular complexity index is 374. The normalized spacial score (nSPS) is 10.5. The maximum atomic E-state index is 11.7. The second kappa shape index (κ2) is 5.59. The number of rotatable bonds is 5. The lowest BCUT2D eigenvalue weighted by atomic mass is 9.99. The fourth-order valence-corrected chi connectivity index (χ4v) is 1.49. The Kier molecular flexibility index (Phi) is 4.41. The molecule has 0 saturated carbocycles. The number of benzene rings is 1. The van der Waals surface area contributed by atoms with Crippen molar-refractivity contribution >= 4 is 11.6 Å². The van der Waals surface area contributed by atoms with Crippen LogP contribution in [-0.4, -0.2) is 11.6 Å². The molecule has 0 saturated heterocycles. The van der Waals surface area contributed by atoms with Crippen molar-refractivity contribution in [3.05, 3.63) is 35.4 Å². The van der Waals surface area contributed by atoms with Crippen LogP contribution in [0.3, 0.4) is 0 Å². The van der Waals surface area contributed by atoms with Crippen LogP contribution in [0.5, 0.6) is 0 Å². The van der Waals surface area contributed by atoms with Gasteiger partial charge in [-0.05, 0) is 18.4 Å². The van der Waals surface area contributed by atoms with Gasteiger partial charge in [0.1, 0.15) is 5.78 Å². The Labute approximate surface area is 96.7 Å². The molecule has 2 heteroatoms. The molecule has 16 heavy (non-hydrogen) atoms. The van der Waals surface area contributed by atoms with Gasteiger partial charge in [-0.3, -0.25) is 4.79 Å². The van der Waals surface area contributed by atoms with Crippen molar-refractivity contribution < 1.29 is 9.59 Å². The number of carbonyl (C=O) groups is 2. The minimum atomic E-state index is 0.0468. The van der Waals surface area contributed by atoms with E-state index in [-0.39, 0.29) is 11.6 Å². The van der Waals surface area contributed by atoms with Gasteiger partial charge in [0.2, 0.25) is 0 Å². The van der Waals surface area contributed by atoms with Crippen LogP contribution in [-0.2, 0) is 4.79 Å². The number of hydrogen-bond acceptors (Lipinski definition) is 2. The second-order valence-electron chi connectivity index (χ2n) is 4.40. The molecule has 0 heterocycles. The zero-order valence-corrected chi connectivity index (χ0v) is 10.1. The Balaban J connectivity index is 2.66. The van der Waals surface area contributed by atoms with Crippen LogP contribution in [0.25, 0.3) is 0 Å². The molecule has 1 aromatic carbocycles. The first-order chi connectivity index (χ1) is 7.50. The monoisotopic (exact) mass is 218 g/mol. The Morgan fingerprint density at radius 1 is 1.06 bits per heavy atom. The predicted octanol–water partition coefficient (Wildman–Crippen LogP) is 3.36. The molecule has 0 N–H and O–H groups in total. The summed E-state index contributed by atoms with van der Waals surface area (Å²) in [4.78, 5) is 22.4. The maximum Gasteiger partial charge on any atom is 0.163 e. The van der Waals surface area contributed by atoms with Gasteiger partial charge in [0.05, 0.1) is 0 Å². The molecule has 0 bridgehead atoms. The van der Waals surface area contributed by atoms with Crippen molar-refractivity contribution in [1.82, 2.24) is 0 Å². The molecule has 0 unspecified atom stereocenters. The van der Waals surface area contributed by atoms with Crippen molar-refractivity contribution in [3.63, 3.8) is 0 Å². The van der Waals surface area contributed by atoms with E-state index in [4.69, 9.17) is 0 Å². The van der Waals surface area contributed by atoms with Crippen molar-refractivity contribution in [2.75, 3.05) is 0 Å². The van der Waals surface area contributed by atoms with Crippen LogP contribution >= 0.6 is 0 Å². The summed E-state index contributed by atoms with van der Waals surface area (Å²) in [7, 11) is 0. The molecule has 0 atom stereocenters. The third kappa shape index (κ3) is 3.61. The summed E-state index contributed by atoms with van der Waals surface area (Å²) in [6.45, 7) is 5.74. The molecule has 0 fully saturated rings. The largest absolute Gasteiger partial charge is 0.300 e. The fourth-order valence-electron chi connectivity index (χ4n) is 1.49. The molecule has 0 aliphatic heterocycles. The number of carbonyl (C=O) groups excluding carboxylic acids is 2. The van der Waals surface area contributed by atoms with Gasteiger partial charge < -0.3 is 4.79 Å². The van der Waals surface area contributed by atoms with Gasteiger partial charge in [-0.1, -0.05) is 38.1 Å². The minimum absolute atomic E-state index is 0.0468. The number of hydrogen-bond donors (Lipinski definition) is 0. The smallest absolute Gasteiger partial charge is 0.163 e. The van der Waals surface area contributed by atoms with Gasteiger partial charge in [-0.2, -0.15) is 0 Å². The molecule has 0 radical (unpaired) electrons. The van der Waals surface area contributed by atoms with Crippen molar-refractivity contribution in [2.45, 2.75) is 39.5 Å². The molecule has 0 spiro atoms. The molecule has 0 aliphatic rings. The van der Waals surface area contributed by atoms with E-state index in [0.717, 1.165) is 0 Å². The first-order valence-electron chi connectivity index (χ1n) is 5.63. The average Bonchev–Trinajstić information content (AvgIpc) is 2.26. The van der Waals surface area contributed by atoms with Crippen LogP contribution in [0.2, 0.25) is 0 Å². The first kappa shape index (κ1) is 12.6. The fraction of sp³-hybridized carbons (Fsp3) is 0.429. The lowest BCUT2D eigenvalue weighted by molar-refractivity contribution is -0.116. The summed E-state index contributed by atoms with van der Waals surface area (Å²) in [5.74, 6) is 0.582. The highest BCUT2D eigenvalue weighted by Crippen LogP contribution is 2.15. The highest BCUT2D eigenvalue weighted by Gasteiger charge is 2.07. The quantitative estimate of drug-likeness (QED) is 0.710. The molecule has 86 valence electrons. The van der Waals surface area contributed by atoms with E-state index in [2.05, 4.69) is 13.8 Å². The summed E-state index contributed by atoms with van der Waals surface area (Å²) in [5.41, 5.74) is 1.92. The second-order valence-corrected chi connectivity index (χ2v) is 4.40. The number of ketones is 2. The summed E-state index contributed by atoms with van der Waals surface area (Å²) in [6, 6.07) is 7.65. The summed E-state index contributed by atoms with van der Waals surface area (Å²) >= 11 is 0. The van der Waals surface area contributed by atoms with Crippen molar-refractivity contribution in [3.8, 4) is 0 Å². The van der Waals surface area contributed by atoms with Crippen LogP contribution in [0.1, 0.15) is 55.5 Å². The van der Waals surface area contributed by atoms with Crippen LogP contribution < -0.4 is 0 Å². The van der Waals surface area contributed by atoms with Crippen LogP contribution in [0.15, 0.2) is 24.3 Å². The first-order valence-corrected chi connectivity index (χ1v) is 5.63. The van der Waals surface area contributed by atoms with E-state index in [1.54, 1.807) is 0 Å². The van der Waals surface area contributed by atoms with E-state index < -0.39 is 0 Å². The zero-order chi connectivity index (χ0) is 12.1. The summed E-state index contributed by atoms with van der Waals surface area (Å²) < 4.78 is 0. The third-order valence-electron chi connectivity index (χ3n) is 2.60. The van der Waals surface area contributed by atoms with Gasteiger partial charge in [0.25, 0.3) is 0 Å². The molecular formula is C14H18O2. The molecule has 0 amide bonds. The Hall–Kier alpha value is -1.44.